The van der Waals surface area contributed by atoms with Crippen LogP contribution in [0.5, 0.6) is 0 Å². The molecule has 0 bridgehead atoms. The van der Waals surface area contributed by atoms with Gasteiger partial charge in [0.2, 0.25) is 0 Å². The van der Waals surface area contributed by atoms with Crippen LogP contribution < -0.4 is 0 Å². The third-order valence-corrected chi connectivity index (χ3v) is 2.59. The van der Waals surface area contributed by atoms with Crippen LogP contribution >= 0.6 is 28.6 Å². The number of rotatable bonds is 3. The highest BCUT2D eigenvalue weighted by molar-refractivity contribution is 9.10. The van der Waals surface area contributed by atoms with Crippen LogP contribution in [0.1, 0.15) is 18.1 Å². The van der Waals surface area contributed by atoms with Gasteiger partial charge >= 0.3 is 0 Å². The van der Waals surface area contributed by atoms with E-state index in [1.165, 1.54) is 11.1 Å². The Morgan fingerprint density at radius 2 is 2.23 bits per heavy atom. The van der Waals surface area contributed by atoms with Crippen LogP contribution in [0.3, 0.4) is 0 Å². The van der Waals surface area contributed by atoms with Crippen LogP contribution in [0.25, 0.3) is 6.08 Å². The third kappa shape index (κ3) is 3.20. The molecule has 1 aromatic rings. The minimum Gasteiger partial charge on any atom is -0.175 e. The fourth-order valence-corrected chi connectivity index (χ4v) is 1.74. The average Bonchev–Trinajstić information content (AvgIpc) is 2.16. The lowest BCUT2D eigenvalue weighted by Crippen LogP contribution is -1.85. The highest BCUT2D eigenvalue weighted by Crippen LogP contribution is 2.18. The summed E-state index contributed by atoms with van der Waals surface area (Å²) in [5, 5.41) is 0. The van der Waals surface area contributed by atoms with E-state index >= 15 is 0 Å². The van der Waals surface area contributed by atoms with Gasteiger partial charge in [-0.05, 0) is 29.7 Å². The van der Waals surface area contributed by atoms with E-state index in [0.29, 0.717) is 0 Å². The topological polar surface area (TPSA) is 0 Å². The highest BCUT2D eigenvalue weighted by atomic mass is 79.9. The van der Waals surface area contributed by atoms with Gasteiger partial charge in [-0.15, -0.1) is 0 Å². The van der Waals surface area contributed by atoms with Gasteiger partial charge in [-0.2, -0.15) is 12.6 Å². The predicted octanol–water partition coefficient (Wildman–Crippen LogP) is 3.95. The first kappa shape index (κ1) is 10.9. The summed E-state index contributed by atoms with van der Waals surface area (Å²) in [5.74, 6) is 0.791. The summed E-state index contributed by atoms with van der Waals surface area (Å²) in [4.78, 5) is 0. The van der Waals surface area contributed by atoms with E-state index in [4.69, 9.17) is 0 Å². The number of benzene rings is 1. The molecule has 0 saturated heterocycles. The first-order chi connectivity index (χ1) is 6.27. The standard InChI is InChI=1S/C11H13BrS/c1-2-9-8-11(12)6-5-10(9)4-3-7-13/h3-6,8,13H,2,7H2,1H3. The zero-order valence-electron chi connectivity index (χ0n) is 7.63. The number of thiol groups is 1. The Morgan fingerprint density at radius 1 is 1.46 bits per heavy atom. The van der Waals surface area contributed by atoms with Crippen LogP contribution in [0, 0.1) is 0 Å². The van der Waals surface area contributed by atoms with Gasteiger partial charge in [-0.1, -0.05) is 41.1 Å². The van der Waals surface area contributed by atoms with Gasteiger partial charge in [0.15, 0.2) is 0 Å². The van der Waals surface area contributed by atoms with E-state index < -0.39 is 0 Å². The molecular weight excluding hydrogens is 244 g/mol. The maximum Gasteiger partial charge on any atom is 0.0178 e. The van der Waals surface area contributed by atoms with Gasteiger partial charge in [0, 0.05) is 10.2 Å². The highest BCUT2D eigenvalue weighted by Gasteiger charge is 1.97. The first-order valence-corrected chi connectivity index (χ1v) is 5.76. The van der Waals surface area contributed by atoms with E-state index in [1.54, 1.807) is 0 Å². The van der Waals surface area contributed by atoms with E-state index in [0.717, 1.165) is 16.6 Å². The Hall–Kier alpha value is -0.210. The second-order valence-corrected chi connectivity index (χ2v) is 4.06. The molecule has 0 saturated carbocycles. The molecule has 0 aromatic heterocycles. The zero-order valence-corrected chi connectivity index (χ0v) is 10.1. The molecule has 70 valence electrons. The molecule has 0 aliphatic heterocycles. The number of hydrogen-bond donors (Lipinski definition) is 1. The van der Waals surface area contributed by atoms with Gasteiger partial charge in [0.05, 0.1) is 0 Å². The van der Waals surface area contributed by atoms with Gasteiger partial charge in [0.1, 0.15) is 0 Å². The molecule has 0 unspecified atom stereocenters. The smallest absolute Gasteiger partial charge is 0.0178 e. The Balaban J connectivity index is 2.99. The zero-order chi connectivity index (χ0) is 9.68. The fraction of sp³-hybridized carbons (Fsp3) is 0.273. The quantitative estimate of drug-likeness (QED) is 0.778. The third-order valence-electron chi connectivity index (χ3n) is 1.89. The lowest BCUT2D eigenvalue weighted by molar-refractivity contribution is 1.13. The van der Waals surface area contributed by atoms with Crippen molar-refractivity contribution in [2.75, 3.05) is 5.75 Å². The second-order valence-electron chi connectivity index (χ2n) is 2.78. The van der Waals surface area contributed by atoms with E-state index in [9.17, 15) is 0 Å². The molecule has 0 amide bonds. The van der Waals surface area contributed by atoms with Crippen LogP contribution in [-0.4, -0.2) is 5.75 Å². The number of halogens is 1. The van der Waals surface area contributed by atoms with Gasteiger partial charge in [-0.3, -0.25) is 0 Å². The van der Waals surface area contributed by atoms with Crippen LogP contribution in [0.2, 0.25) is 0 Å². The van der Waals surface area contributed by atoms with E-state index in [1.807, 2.05) is 0 Å². The SMILES string of the molecule is CCc1cc(Br)ccc1C=CCS. The van der Waals surface area contributed by atoms with Crippen molar-refractivity contribution in [3.05, 3.63) is 39.9 Å². The van der Waals surface area contributed by atoms with Crippen molar-refractivity contribution in [2.24, 2.45) is 0 Å². The summed E-state index contributed by atoms with van der Waals surface area (Å²) < 4.78 is 1.15. The Kier molecular flexibility index (Phi) is 4.60. The van der Waals surface area contributed by atoms with Crippen LogP contribution in [0.4, 0.5) is 0 Å². The fourth-order valence-electron chi connectivity index (χ4n) is 1.22. The van der Waals surface area contributed by atoms with Crippen molar-refractivity contribution in [3.8, 4) is 0 Å². The van der Waals surface area contributed by atoms with Gasteiger partial charge in [0.25, 0.3) is 0 Å². The van der Waals surface area contributed by atoms with Crippen LogP contribution in [0.15, 0.2) is 28.7 Å². The molecule has 1 aromatic carbocycles. The summed E-state index contributed by atoms with van der Waals surface area (Å²) >= 11 is 7.60. The van der Waals surface area contributed by atoms with Crippen molar-refractivity contribution in [3.63, 3.8) is 0 Å². The minimum atomic E-state index is 0.791. The Morgan fingerprint density at radius 3 is 2.85 bits per heavy atom. The summed E-state index contributed by atoms with van der Waals surface area (Å²) in [5.41, 5.74) is 2.66. The molecule has 2 heteroatoms. The van der Waals surface area contributed by atoms with E-state index in [-0.39, 0.29) is 0 Å². The normalized spacial score (nSPS) is 11.0. The number of hydrogen-bond acceptors (Lipinski definition) is 1. The lowest BCUT2D eigenvalue weighted by Gasteiger charge is -2.03. The second kappa shape index (κ2) is 5.51. The van der Waals surface area contributed by atoms with E-state index in [2.05, 4.69) is 65.8 Å². The molecule has 0 aliphatic carbocycles. The predicted molar refractivity (Wildman–Crippen MR) is 66.4 cm³/mol. The van der Waals surface area contributed by atoms with Crippen molar-refractivity contribution in [1.82, 2.24) is 0 Å². The molecule has 13 heavy (non-hydrogen) atoms. The van der Waals surface area contributed by atoms with Crippen molar-refractivity contribution in [1.29, 1.82) is 0 Å². The summed E-state index contributed by atoms with van der Waals surface area (Å²) in [6.45, 7) is 2.17. The maximum atomic E-state index is 4.14. The Labute approximate surface area is 93.6 Å². The molecule has 0 atom stereocenters. The molecule has 0 fully saturated rings. The molecular formula is C11H13BrS. The molecule has 0 nitrogen and oxygen atoms in total. The summed E-state index contributed by atoms with van der Waals surface area (Å²) in [7, 11) is 0. The Bertz CT molecular complexity index is 305. The molecule has 0 aliphatic rings. The monoisotopic (exact) mass is 256 g/mol. The summed E-state index contributed by atoms with van der Waals surface area (Å²) in [6.07, 6.45) is 5.25. The molecule has 0 N–H and O–H groups in total. The number of aryl methyl sites for hydroxylation is 1. The summed E-state index contributed by atoms with van der Waals surface area (Å²) in [6, 6.07) is 6.36. The molecule has 0 heterocycles. The van der Waals surface area contributed by atoms with Crippen molar-refractivity contribution in [2.45, 2.75) is 13.3 Å². The largest absolute Gasteiger partial charge is 0.175 e. The molecule has 1 rings (SSSR count). The van der Waals surface area contributed by atoms with Crippen molar-refractivity contribution < 1.29 is 0 Å². The van der Waals surface area contributed by atoms with Gasteiger partial charge < -0.3 is 0 Å². The van der Waals surface area contributed by atoms with Crippen LogP contribution in [-0.2, 0) is 6.42 Å². The minimum absolute atomic E-state index is 0.791. The van der Waals surface area contributed by atoms with Crippen molar-refractivity contribution >= 4 is 34.6 Å². The maximum absolute atomic E-state index is 4.14. The average molecular weight is 257 g/mol. The molecule has 0 spiro atoms. The first-order valence-electron chi connectivity index (χ1n) is 4.33. The lowest BCUT2D eigenvalue weighted by atomic mass is 10.1. The molecule has 0 radical (unpaired) electrons. The van der Waals surface area contributed by atoms with Gasteiger partial charge in [-0.25, -0.2) is 0 Å².